The molecule has 86 valence electrons. The molecule has 1 amide bonds. The molecule has 1 atom stereocenters. The molecule has 0 bridgehead atoms. The van der Waals surface area contributed by atoms with Gasteiger partial charge in [0.2, 0.25) is 5.91 Å². The molecule has 1 aliphatic heterocycles. The van der Waals surface area contributed by atoms with Gasteiger partial charge in [0.15, 0.2) is 0 Å². The normalized spacial score (nSPS) is 20.9. The molecule has 1 heterocycles. The molecule has 0 aliphatic carbocycles. The van der Waals surface area contributed by atoms with Crippen LogP contribution in [0, 0.1) is 5.41 Å². The van der Waals surface area contributed by atoms with Gasteiger partial charge in [-0.05, 0) is 11.5 Å². The Labute approximate surface area is 95.8 Å². The lowest BCUT2D eigenvalue weighted by Crippen LogP contribution is -2.22. The number of fused-ring (bicyclic) bond motifs is 1. The van der Waals surface area contributed by atoms with Gasteiger partial charge in [0, 0.05) is 11.3 Å². The molecule has 1 unspecified atom stereocenters. The van der Waals surface area contributed by atoms with E-state index >= 15 is 0 Å². The third-order valence-electron chi connectivity index (χ3n) is 2.69. The van der Waals surface area contributed by atoms with Crippen LogP contribution in [0.1, 0.15) is 32.4 Å². The predicted octanol–water partition coefficient (Wildman–Crippen LogP) is 2.74. The lowest BCUT2D eigenvalue weighted by Gasteiger charge is -2.30. The maximum atomic E-state index is 11.5. The van der Waals surface area contributed by atoms with Gasteiger partial charge in [-0.1, -0.05) is 39.0 Å². The first-order chi connectivity index (χ1) is 7.48. The van der Waals surface area contributed by atoms with Crippen LogP contribution < -0.4 is 5.32 Å². The zero-order valence-electron chi connectivity index (χ0n) is 9.91. The van der Waals surface area contributed by atoms with Gasteiger partial charge in [-0.2, -0.15) is 0 Å². The second-order valence-electron chi connectivity index (χ2n) is 5.19. The topological polar surface area (TPSA) is 38.3 Å². The second-order valence-corrected chi connectivity index (χ2v) is 5.19. The molecule has 2 rings (SSSR count). The van der Waals surface area contributed by atoms with Crippen LogP contribution in [0.2, 0.25) is 0 Å². The summed E-state index contributed by atoms with van der Waals surface area (Å²) in [4.78, 5) is 11.5. The molecule has 1 aromatic rings. The van der Waals surface area contributed by atoms with Crippen molar-refractivity contribution in [1.82, 2.24) is 0 Å². The van der Waals surface area contributed by atoms with E-state index < -0.39 is 0 Å². The first kappa shape index (κ1) is 11.1. The maximum absolute atomic E-state index is 11.5. The van der Waals surface area contributed by atoms with Crippen molar-refractivity contribution in [2.75, 3.05) is 11.9 Å². The van der Waals surface area contributed by atoms with E-state index in [0.717, 1.165) is 11.3 Å². The van der Waals surface area contributed by atoms with Gasteiger partial charge in [0.25, 0.3) is 0 Å². The molecular formula is C13H17NO2. The van der Waals surface area contributed by atoms with Crippen molar-refractivity contribution in [1.29, 1.82) is 0 Å². The van der Waals surface area contributed by atoms with Crippen LogP contribution in [0.15, 0.2) is 24.3 Å². The van der Waals surface area contributed by atoms with Gasteiger partial charge in [-0.3, -0.25) is 4.79 Å². The van der Waals surface area contributed by atoms with Crippen LogP contribution in [0.5, 0.6) is 0 Å². The first-order valence-corrected chi connectivity index (χ1v) is 5.49. The number of hydrogen-bond donors (Lipinski definition) is 1. The number of para-hydroxylation sites is 1. The van der Waals surface area contributed by atoms with Crippen LogP contribution in [0.3, 0.4) is 0 Å². The number of hydrogen-bond acceptors (Lipinski definition) is 2. The average Bonchev–Trinajstić information content (AvgIpc) is 2.34. The SMILES string of the molecule is CC(C)(C)C1OCC(=O)Nc2ccccc21. The number of carbonyl (C=O) groups is 1. The fraction of sp³-hybridized carbons (Fsp3) is 0.462. The molecule has 3 heteroatoms. The Hall–Kier alpha value is -1.35. The molecule has 1 aliphatic rings. The zero-order chi connectivity index (χ0) is 11.8. The van der Waals surface area contributed by atoms with Crippen LogP contribution >= 0.6 is 0 Å². The standard InChI is InChI=1S/C13H17NO2/c1-13(2,3)12-9-6-4-5-7-10(9)14-11(15)8-16-12/h4-7,12H,8H2,1-3H3,(H,14,15). The number of rotatable bonds is 0. The van der Waals surface area contributed by atoms with E-state index in [1.54, 1.807) is 0 Å². The van der Waals surface area contributed by atoms with E-state index in [1.807, 2.05) is 24.3 Å². The Bertz CT molecular complexity index is 407. The minimum atomic E-state index is -0.0841. The van der Waals surface area contributed by atoms with Crippen molar-refractivity contribution in [3.8, 4) is 0 Å². The highest BCUT2D eigenvalue weighted by Crippen LogP contribution is 2.40. The van der Waals surface area contributed by atoms with Gasteiger partial charge in [0.05, 0.1) is 6.10 Å². The zero-order valence-corrected chi connectivity index (χ0v) is 9.91. The fourth-order valence-corrected chi connectivity index (χ4v) is 1.99. The maximum Gasteiger partial charge on any atom is 0.250 e. The van der Waals surface area contributed by atoms with Crippen molar-refractivity contribution in [3.05, 3.63) is 29.8 Å². The van der Waals surface area contributed by atoms with Crippen molar-refractivity contribution in [2.45, 2.75) is 26.9 Å². The molecule has 0 fully saturated rings. The number of benzene rings is 1. The third-order valence-corrected chi connectivity index (χ3v) is 2.69. The molecule has 0 spiro atoms. The van der Waals surface area contributed by atoms with E-state index in [-0.39, 0.29) is 24.0 Å². The molecule has 0 radical (unpaired) electrons. The molecule has 0 aromatic heterocycles. The minimum absolute atomic E-state index is 0.0254. The molecule has 0 saturated heterocycles. The lowest BCUT2D eigenvalue weighted by molar-refractivity contribution is -0.124. The highest BCUT2D eigenvalue weighted by atomic mass is 16.5. The Morgan fingerprint density at radius 1 is 1.31 bits per heavy atom. The summed E-state index contributed by atoms with van der Waals surface area (Å²) in [7, 11) is 0. The Morgan fingerprint density at radius 3 is 2.69 bits per heavy atom. The Balaban J connectivity index is 2.46. The lowest BCUT2D eigenvalue weighted by atomic mass is 9.84. The molecular weight excluding hydrogens is 202 g/mol. The number of carbonyl (C=O) groups excluding carboxylic acids is 1. The van der Waals surface area contributed by atoms with E-state index in [1.165, 1.54) is 0 Å². The first-order valence-electron chi connectivity index (χ1n) is 5.49. The monoisotopic (exact) mass is 219 g/mol. The van der Waals surface area contributed by atoms with Crippen molar-refractivity contribution in [2.24, 2.45) is 5.41 Å². The van der Waals surface area contributed by atoms with Crippen LogP contribution in [-0.2, 0) is 9.53 Å². The van der Waals surface area contributed by atoms with Gasteiger partial charge in [-0.25, -0.2) is 0 Å². The summed E-state index contributed by atoms with van der Waals surface area (Å²) < 4.78 is 5.69. The summed E-state index contributed by atoms with van der Waals surface area (Å²) in [5.41, 5.74) is 1.90. The summed E-state index contributed by atoms with van der Waals surface area (Å²) in [6, 6.07) is 7.82. The highest BCUT2D eigenvalue weighted by molar-refractivity contribution is 5.93. The Kier molecular flexibility index (Phi) is 2.72. The summed E-state index contributed by atoms with van der Waals surface area (Å²) in [5.74, 6) is -0.0841. The van der Waals surface area contributed by atoms with Crippen LogP contribution in [-0.4, -0.2) is 12.5 Å². The minimum Gasteiger partial charge on any atom is -0.363 e. The molecule has 16 heavy (non-hydrogen) atoms. The van der Waals surface area contributed by atoms with E-state index in [2.05, 4.69) is 26.1 Å². The van der Waals surface area contributed by atoms with Crippen molar-refractivity contribution < 1.29 is 9.53 Å². The second kappa shape index (κ2) is 3.91. The average molecular weight is 219 g/mol. The molecule has 1 N–H and O–H groups in total. The highest BCUT2D eigenvalue weighted by Gasteiger charge is 2.31. The smallest absolute Gasteiger partial charge is 0.250 e. The van der Waals surface area contributed by atoms with Crippen LogP contribution in [0.4, 0.5) is 5.69 Å². The van der Waals surface area contributed by atoms with Crippen LogP contribution in [0.25, 0.3) is 0 Å². The van der Waals surface area contributed by atoms with Gasteiger partial charge >= 0.3 is 0 Å². The van der Waals surface area contributed by atoms with E-state index in [9.17, 15) is 4.79 Å². The summed E-state index contributed by atoms with van der Waals surface area (Å²) >= 11 is 0. The number of ether oxygens (including phenoxy) is 1. The van der Waals surface area contributed by atoms with E-state index in [0.29, 0.717) is 0 Å². The summed E-state index contributed by atoms with van der Waals surface area (Å²) in [6.07, 6.45) is -0.0531. The Morgan fingerprint density at radius 2 is 2.00 bits per heavy atom. The molecule has 1 aromatic carbocycles. The fourth-order valence-electron chi connectivity index (χ4n) is 1.99. The number of nitrogens with one attached hydrogen (secondary N) is 1. The van der Waals surface area contributed by atoms with Crippen molar-refractivity contribution in [3.63, 3.8) is 0 Å². The largest absolute Gasteiger partial charge is 0.363 e. The number of anilines is 1. The van der Waals surface area contributed by atoms with Gasteiger partial charge in [-0.15, -0.1) is 0 Å². The predicted molar refractivity (Wildman–Crippen MR) is 63.2 cm³/mol. The van der Waals surface area contributed by atoms with Crippen molar-refractivity contribution >= 4 is 11.6 Å². The summed E-state index contributed by atoms with van der Waals surface area (Å²) in [6.45, 7) is 6.47. The molecule has 3 nitrogen and oxygen atoms in total. The number of amides is 1. The summed E-state index contributed by atoms with van der Waals surface area (Å²) in [5, 5.41) is 2.86. The molecule has 0 saturated carbocycles. The quantitative estimate of drug-likeness (QED) is 0.728. The third kappa shape index (κ3) is 2.09. The van der Waals surface area contributed by atoms with Gasteiger partial charge in [0.1, 0.15) is 6.61 Å². The van der Waals surface area contributed by atoms with Gasteiger partial charge < -0.3 is 10.1 Å². The van der Waals surface area contributed by atoms with E-state index in [4.69, 9.17) is 4.74 Å².